The minimum Gasteiger partial charge on any atom is -0.386 e. The Kier molecular flexibility index (Phi) is 4.08. The van der Waals surface area contributed by atoms with E-state index in [1.165, 1.54) is 18.4 Å². The van der Waals surface area contributed by atoms with Crippen molar-refractivity contribution >= 4 is 0 Å². The zero-order chi connectivity index (χ0) is 13.2. The van der Waals surface area contributed by atoms with Gasteiger partial charge in [0, 0.05) is 5.54 Å². The van der Waals surface area contributed by atoms with Crippen LogP contribution in [0.3, 0.4) is 0 Å². The summed E-state index contributed by atoms with van der Waals surface area (Å²) in [4.78, 5) is 2.46. The lowest BCUT2D eigenvalue weighted by Gasteiger charge is -2.42. The minimum atomic E-state index is -0.401. The lowest BCUT2D eigenvalue weighted by molar-refractivity contribution is -0.0143. The summed E-state index contributed by atoms with van der Waals surface area (Å²) in [5.74, 6) is 0. The Labute approximate surface area is 111 Å². The second-order valence-corrected chi connectivity index (χ2v) is 5.66. The van der Waals surface area contributed by atoms with E-state index >= 15 is 0 Å². The smallest absolute Gasteiger partial charge is 0.0973 e. The monoisotopic (exact) mass is 247 g/mol. The van der Waals surface area contributed by atoms with E-state index in [0.717, 1.165) is 25.1 Å². The van der Waals surface area contributed by atoms with Gasteiger partial charge in [0.1, 0.15) is 0 Å². The van der Waals surface area contributed by atoms with Crippen LogP contribution in [0.5, 0.6) is 0 Å². The van der Waals surface area contributed by atoms with Crippen LogP contribution in [-0.4, -0.2) is 28.6 Å². The highest BCUT2D eigenvalue weighted by Gasteiger charge is 2.39. The van der Waals surface area contributed by atoms with E-state index in [0.29, 0.717) is 0 Å². The first-order chi connectivity index (χ1) is 8.59. The third-order valence-corrected chi connectivity index (χ3v) is 4.62. The van der Waals surface area contributed by atoms with Crippen molar-refractivity contribution in [3.8, 4) is 0 Å². The molecule has 2 heteroatoms. The number of benzene rings is 1. The molecule has 1 aromatic rings. The Morgan fingerprint density at radius 3 is 2.44 bits per heavy atom. The van der Waals surface area contributed by atoms with Crippen LogP contribution in [0.25, 0.3) is 0 Å². The Morgan fingerprint density at radius 1 is 1.28 bits per heavy atom. The van der Waals surface area contributed by atoms with Crippen molar-refractivity contribution in [1.82, 2.24) is 4.90 Å². The summed E-state index contributed by atoms with van der Waals surface area (Å²) in [5, 5.41) is 10.8. The van der Waals surface area contributed by atoms with Crippen molar-refractivity contribution in [3.63, 3.8) is 0 Å². The van der Waals surface area contributed by atoms with Crippen molar-refractivity contribution in [1.29, 1.82) is 0 Å². The SMILES string of the molecule is CCC(C)(C(O)c1ccccc1C)N1CCCC1. The standard InChI is InChI=1S/C16H25NO/c1-4-16(3,17-11-7-8-12-17)15(18)14-10-6-5-9-13(14)2/h5-6,9-10,15,18H,4,7-8,11-12H2,1-3H3. The maximum Gasteiger partial charge on any atom is 0.0973 e. The van der Waals surface area contributed by atoms with Crippen LogP contribution in [0, 0.1) is 6.92 Å². The number of hydrogen-bond acceptors (Lipinski definition) is 2. The van der Waals surface area contributed by atoms with Crippen molar-refractivity contribution < 1.29 is 5.11 Å². The maximum atomic E-state index is 10.8. The first kappa shape index (κ1) is 13.6. The van der Waals surface area contributed by atoms with Crippen LogP contribution in [0.1, 0.15) is 50.3 Å². The molecule has 1 saturated heterocycles. The molecule has 0 radical (unpaired) electrons. The highest BCUT2D eigenvalue weighted by Crippen LogP contribution is 2.37. The van der Waals surface area contributed by atoms with E-state index < -0.39 is 6.10 Å². The average molecular weight is 247 g/mol. The van der Waals surface area contributed by atoms with Crippen molar-refractivity contribution in [3.05, 3.63) is 35.4 Å². The highest BCUT2D eigenvalue weighted by molar-refractivity contribution is 5.30. The molecule has 2 nitrogen and oxygen atoms in total. The van der Waals surface area contributed by atoms with Crippen molar-refractivity contribution in [2.45, 2.75) is 51.7 Å². The van der Waals surface area contributed by atoms with E-state index in [1.54, 1.807) is 0 Å². The molecule has 0 spiro atoms. The summed E-state index contributed by atoms with van der Waals surface area (Å²) in [6, 6.07) is 8.19. The molecule has 0 aromatic heterocycles. The van der Waals surface area contributed by atoms with Crippen LogP contribution in [-0.2, 0) is 0 Å². The van der Waals surface area contributed by atoms with Gasteiger partial charge >= 0.3 is 0 Å². The fourth-order valence-electron chi connectivity index (χ4n) is 3.05. The van der Waals surface area contributed by atoms with Gasteiger partial charge in [-0.2, -0.15) is 0 Å². The van der Waals surface area contributed by atoms with E-state index in [2.05, 4.69) is 37.8 Å². The summed E-state index contributed by atoms with van der Waals surface area (Å²) in [7, 11) is 0. The largest absolute Gasteiger partial charge is 0.386 e. The maximum absolute atomic E-state index is 10.8. The van der Waals surface area contributed by atoms with Crippen molar-refractivity contribution in [2.24, 2.45) is 0 Å². The van der Waals surface area contributed by atoms with Gasteiger partial charge in [0.25, 0.3) is 0 Å². The molecule has 2 unspecified atom stereocenters. The lowest BCUT2D eigenvalue weighted by Crippen LogP contribution is -2.49. The van der Waals surface area contributed by atoms with Crippen LogP contribution >= 0.6 is 0 Å². The normalized spacial score (nSPS) is 21.8. The zero-order valence-corrected chi connectivity index (χ0v) is 11.8. The zero-order valence-electron chi connectivity index (χ0n) is 11.8. The van der Waals surface area contributed by atoms with Gasteiger partial charge < -0.3 is 5.11 Å². The fraction of sp³-hybridized carbons (Fsp3) is 0.625. The number of aliphatic hydroxyl groups excluding tert-OH is 1. The molecule has 1 aromatic carbocycles. The second kappa shape index (κ2) is 5.41. The van der Waals surface area contributed by atoms with Gasteiger partial charge in [-0.3, -0.25) is 4.90 Å². The number of aliphatic hydroxyl groups is 1. The van der Waals surface area contributed by atoms with Crippen LogP contribution in [0.15, 0.2) is 24.3 Å². The Bertz CT molecular complexity index is 398. The Morgan fingerprint density at radius 2 is 1.89 bits per heavy atom. The third kappa shape index (κ3) is 2.32. The molecule has 1 aliphatic rings. The van der Waals surface area contributed by atoms with Gasteiger partial charge in [0.05, 0.1) is 6.10 Å². The first-order valence-corrected chi connectivity index (χ1v) is 7.08. The van der Waals surface area contributed by atoms with Gasteiger partial charge in [0.15, 0.2) is 0 Å². The molecule has 0 amide bonds. The molecule has 18 heavy (non-hydrogen) atoms. The summed E-state index contributed by atoms with van der Waals surface area (Å²) in [5.41, 5.74) is 2.13. The number of likely N-dealkylation sites (tertiary alicyclic amines) is 1. The number of aryl methyl sites for hydroxylation is 1. The summed E-state index contributed by atoms with van der Waals surface area (Å²) in [6.45, 7) is 8.70. The van der Waals surface area contributed by atoms with E-state index in [1.807, 2.05) is 12.1 Å². The predicted molar refractivity (Wildman–Crippen MR) is 75.6 cm³/mol. The molecule has 1 N–H and O–H groups in total. The highest BCUT2D eigenvalue weighted by atomic mass is 16.3. The molecule has 0 saturated carbocycles. The third-order valence-electron chi connectivity index (χ3n) is 4.62. The molecule has 0 bridgehead atoms. The molecule has 100 valence electrons. The topological polar surface area (TPSA) is 23.5 Å². The Hall–Kier alpha value is -0.860. The van der Waals surface area contributed by atoms with Gasteiger partial charge in [-0.1, -0.05) is 31.2 Å². The van der Waals surface area contributed by atoms with Gasteiger partial charge in [-0.25, -0.2) is 0 Å². The lowest BCUT2D eigenvalue weighted by atomic mass is 9.84. The van der Waals surface area contributed by atoms with E-state index in [4.69, 9.17) is 0 Å². The number of hydrogen-bond donors (Lipinski definition) is 1. The first-order valence-electron chi connectivity index (χ1n) is 7.08. The molecule has 1 heterocycles. The molecule has 2 rings (SSSR count). The summed E-state index contributed by atoms with van der Waals surface area (Å²) >= 11 is 0. The van der Waals surface area contributed by atoms with E-state index in [-0.39, 0.29) is 5.54 Å². The van der Waals surface area contributed by atoms with E-state index in [9.17, 15) is 5.11 Å². The fourth-order valence-corrected chi connectivity index (χ4v) is 3.05. The molecule has 1 fully saturated rings. The van der Waals surface area contributed by atoms with Gasteiger partial charge in [-0.05, 0) is 57.3 Å². The van der Waals surface area contributed by atoms with Crippen LogP contribution in [0.4, 0.5) is 0 Å². The summed E-state index contributed by atoms with van der Waals surface area (Å²) in [6.07, 6.45) is 3.09. The molecular formula is C16H25NO. The van der Waals surface area contributed by atoms with Crippen molar-refractivity contribution in [2.75, 3.05) is 13.1 Å². The van der Waals surface area contributed by atoms with Gasteiger partial charge in [0.2, 0.25) is 0 Å². The molecule has 0 aliphatic carbocycles. The quantitative estimate of drug-likeness (QED) is 0.882. The van der Waals surface area contributed by atoms with Gasteiger partial charge in [-0.15, -0.1) is 0 Å². The van der Waals surface area contributed by atoms with Crippen LogP contribution < -0.4 is 0 Å². The number of rotatable bonds is 4. The number of nitrogens with zero attached hydrogens (tertiary/aromatic N) is 1. The second-order valence-electron chi connectivity index (χ2n) is 5.66. The summed E-state index contributed by atoms with van der Waals surface area (Å²) < 4.78 is 0. The predicted octanol–water partition coefficient (Wildman–Crippen LogP) is 3.29. The average Bonchev–Trinajstić information content (AvgIpc) is 2.92. The molecule has 2 atom stereocenters. The molecule has 1 aliphatic heterocycles. The van der Waals surface area contributed by atoms with Crippen LogP contribution in [0.2, 0.25) is 0 Å². The minimum absolute atomic E-state index is 0.136. The molecular weight excluding hydrogens is 222 g/mol. The Balaban J connectivity index is 2.29.